The fraction of sp³-hybridized carbons (Fsp3) is 1.00. The third-order valence-corrected chi connectivity index (χ3v) is 9.14. The van der Waals surface area contributed by atoms with Gasteiger partial charge in [0.2, 0.25) is 0 Å². The normalized spacial score (nSPS) is 49.0. The highest BCUT2D eigenvalue weighted by molar-refractivity contribution is 5.02. The number of hydrogen-bond acceptors (Lipinski definition) is 18. The summed E-state index contributed by atoms with van der Waals surface area (Å²) < 4.78 is 23.3. The first-order chi connectivity index (χ1) is 20.9. The Morgan fingerprint density at radius 2 is 1.39 bits per heavy atom. The van der Waals surface area contributed by atoms with E-state index in [0.717, 1.165) is 12.8 Å². The summed E-state index contributed by atoms with van der Waals surface area (Å²) in [5.41, 5.74) is 23.7. The zero-order valence-corrected chi connectivity index (χ0v) is 24.6. The van der Waals surface area contributed by atoms with Crippen molar-refractivity contribution in [1.29, 1.82) is 0 Å². The predicted molar refractivity (Wildman–Crippen MR) is 151 cm³/mol. The van der Waals surface area contributed by atoms with E-state index < -0.39 is 104 Å². The molecule has 18 N–H and O–H groups in total. The number of nitrogens with one attached hydrogen (secondary N) is 2. The van der Waals surface area contributed by atoms with Crippen LogP contribution in [0.25, 0.3) is 0 Å². The Bertz CT molecular complexity index is 879. The van der Waals surface area contributed by atoms with Crippen molar-refractivity contribution in [3.63, 3.8) is 0 Å². The van der Waals surface area contributed by atoms with Gasteiger partial charge in [-0.2, -0.15) is 0 Å². The molecule has 4 fully saturated rings. The summed E-state index contributed by atoms with van der Waals surface area (Å²) in [5, 5.41) is 90.0. The largest absolute Gasteiger partial charge is 0.394 e. The van der Waals surface area contributed by atoms with Gasteiger partial charge in [-0.25, -0.2) is 0 Å². The van der Waals surface area contributed by atoms with E-state index in [9.17, 15) is 40.9 Å². The molecule has 2 saturated heterocycles. The molecule has 18 heteroatoms. The van der Waals surface area contributed by atoms with E-state index in [0.29, 0.717) is 12.5 Å². The highest BCUT2D eigenvalue weighted by Gasteiger charge is 2.52. The van der Waals surface area contributed by atoms with Gasteiger partial charge in [0.1, 0.15) is 61.0 Å². The van der Waals surface area contributed by atoms with Crippen LogP contribution in [0.1, 0.15) is 19.3 Å². The molecule has 4 rings (SSSR count). The fourth-order valence-electron chi connectivity index (χ4n) is 6.29. The van der Waals surface area contributed by atoms with Crippen molar-refractivity contribution >= 4 is 0 Å². The van der Waals surface area contributed by atoms with Crippen molar-refractivity contribution < 1.29 is 59.8 Å². The van der Waals surface area contributed by atoms with Crippen molar-refractivity contribution in [3.8, 4) is 0 Å². The van der Waals surface area contributed by atoms with Crippen LogP contribution >= 0.6 is 0 Å². The molecular weight excluding hydrogens is 588 g/mol. The molecule has 44 heavy (non-hydrogen) atoms. The van der Waals surface area contributed by atoms with Gasteiger partial charge in [-0.1, -0.05) is 0 Å². The molecular formula is C26H52N6O12. The molecule has 0 radical (unpaired) electrons. The summed E-state index contributed by atoms with van der Waals surface area (Å²) in [4.78, 5) is 0. The number of aliphatic hydroxyl groups is 8. The lowest BCUT2D eigenvalue weighted by atomic mass is 9.81. The molecule has 2 unspecified atom stereocenters. The van der Waals surface area contributed by atoms with Gasteiger partial charge in [0, 0.05) is 37.8 Å². The van der Waals surface area contributed by atoms with Crippen LogP contribution in [-0.2, 0) is 18.9 Å². The maximum atomic E-state index is 11.5. The number of nitrogens with two attached hydrogens (primary N) is 4. The summed E-state index contributed by atoms with van der Waals surface area (Å²) in [6.45, 7) is 0.122. The second-order valence-electron chi connectivity index (χ2n) is 12.6. The summed E-state index contributed by atoms with van der Waals surface area (Å²) in [6, 6.07) is -2.69. The monoisotopic (exact) mass is 640 g/mol. The first-order valence-corrected chi connectivity index (χ1v) is 15.3. The van der Waals surface area contributed by atoms with Crippen molar-refractivity contribution in [3.05, 3.63) is 0 Å². The molecule has 258 valence electrons. The molecule has 0 aromatic carbocycles. The van der Waals surface area contributed by atoms with E-state index in [4.69, 9.17) is 41.9 Å². The van der Waals surface area contributed by atoms with Crippen molar-refractivity contribution in [2.24, 2.45) is 28.9 Å². The highest BCUT2D eigenvalue weighted by Crippen LogP contribution is 2.32. The van der Waals surface area contributed by atoms with Gasteiger partial charge in [-0.15, -0.1) is 0 Å². The molecule has 0 bridgehead atoms. The zero-order valence-electron chi connectivity index (χ0n) is 24.6. The number of rotatable bonds is 13. The smallest absolute Gasteiger partial charge is 0.187 e. The SMILES string of the molecule is NCC(O)CN[C@@H]1C[C@H](N)C(O[C@H]2O[C@H](CNCC3CC(N)C3)[C@@H](O)[C@H](O)[C@H]2O)[C@H](O)[C@H]1O[C@H]1O[C@H](CO)[C@@H](O)[C@H](N)[C@H]1O. The molecule has 2 saturated carbocycles. The molecule has 4 aliphatic rings. The molecule has 2 aliphatic heterocycles. The lowest BCUT2D eigenvalue weighted by molar-refractivity contribution is -0.333. The van der Waals surface area contributed by atoms with E-state index >= 15 is 0 Å². The number of hydrogen-bond donors (Lipinski definition) is 14. The molecule has 18 nitrogen and oxygen atoms in total. The Balaban J connectivity index is 1.46. The van der Waals surface area contributed by atoms with Gasteiger partial charge in [-0.05, 0) is 31.7 Å². The Labute approximate surface area is 255 Å². The fourth-order valence-corrected chi connectivity index (χ4v) is 6.29. The minimum absolute atomic E-state index is 0.00751. The first kappa shape index (κ1) is 36.1. The molecule has 2 aliphatic carbocycles. The Kier molecular flexibility index (Phi) is 13.1. The van der Waals surface area contributed by atoms with Gasteiger partial charge in [0.05, 0.1) is 18.8 Å². The van der Waals surface area contributed by atoms with Crippen molar-refractivity contribution in [1.82, 2.24) is 10.6 Å². The lowest BCUT2D eigenvalue weighted by Gasteiger charge is -2.49. The van der Waals surface area contributed by atoms with Crippen LogP contribution in [0.5, 0.6) is 0 Å². The molecule has 16 atom stereocenters. The van der Waals surface area contributed by atoms with E-state index in [-0.39, 0.29) is 32.1 Å². The Hall–Kier alpha value is -0.720. The van der Waals surface area contributed by atoms with Crippen LogP contribution < -0.4 is 33.6 Å². The molecule has 0 aromatic rings. The zero-order chi connectivity index (χ0) is 32.3. The third-order valence-electron chi connectivity index (χ3n) is 9.14. The van der Waals surface area contributed by atoms with E-state index in [1.807, 2.05) is 0 Å². The first-order valence-electron chi connectivity index (χ1n) is 15.3. The minimum Gasteiger partial charge on any atom is -0.394 e. The average Bonchev–Trinajstić information content (AvgIpc) is 2.99. The maximum absolute atomic E-state index is 11.5. The summed E-state index contributed by atoms with van der Waals surface area (Å²) in [7, 11) is 0. The summed E-state index contributed by atoms with van der Waals surface area (Å²) in [5.74, 6) is 0.394. The molecule has 0 aromatic heterocycles. The van der Waals surface area contributed by atoms with Crippen LogP contribution in [0.15, 0.2) is 0 Å². The van der Waals surface area contributed by atoms with Gasteiger partial charge >= 0.3 is 0 Å². The molecule has 2 heterocycles. The second-order valence-corrected chi connectivity index (χ2v) is 12.6. The van der Waals surface area contributed by atoms with Crippen LogP contribution in [0.4, 0.5) is 0 Å². The van der Waals surface area contributed by atoms with Gasteiger partial charge in [0.15, 0.2) is 12.6 Å². The Morgan fingerprint density at radius 3 is 2.02 bits per heavy atom. The van der Waals surface area contributed by atoms with Gasteiger partial charge in [0.25, 0.3) is 0 Å². The van der Waals surface area contributed by atoms with Crippen LogP contribution in [0.2, 0.25) is 0 Å². The Morgan fingerprint density at radius 1 is 0.750 bits per heavy atom. The van der Waals surface area contributed by atoms with Gasteiger partial charge < -0.3 is 93.4 Å². The second kappa shape index (κ2) is 15.9. The summed E-state index contributed by atoms with van der Waals surface area (Å²) >= 11 is 0. The highest BCUT2D eigenvalue weighted by atomic mass is 16.7. The number of aliphatic hydroxyl groups excluding tert-OH is 8. The predicted octanol–water partition coefficient (Wildman–Crippen LogP) is -7.97. The number of ether oxygens (including phenoxy) is 4. The molecule has 0 spiro atoms. The third kappa shape index (κ3) is 8.22. The van der Waals surface area contributed by atoms with Crippen molar-refractivity contribution in [2.45, 2.75) is 123 Å². The van der Waals surface area contributed by atoms with Gasteiger partial charge in [-0.3, -0.25) is 0 Å². The van der Waals surface area contributed by atoms with Crippen molar-refractivity contribution in [2.75, 3.05) is 32.8 Å². The van der Waals surface area contributed by atoms with Crippen LogP contribution in [0, 0.1) is 5.92 Å². The summed E-state index contributed by atoms with van der Waals surface area (Å²) in [6.07, 6.45) is -15.9. The quantitative estimate of drug-likeness (QED) is 0.0888. The molecule has 0 amide bonds. The van der Waals surface area contributed by atoms with Crippen LogP contribution in [0.3, 0.4) is 0 Å². The van der Waals surface area contributed by atoms with Crippen LogP contribution in [-0.4, -0.2) is 178 Å². The lowest BCUT2D eigenvalue weighted by Crippen LogP contribution is -2.69. The standard InChI is InChI=1S/C26H52N6O12/c27-4-11(34)6-32-13-3-12(29)23(22(40)24(13)44-25-19(37)16(30)17(35)15(8-33)42-25)43-26-21(39)20(38)18(36)14(41-26)7-31-5-9-1-10(28)2-9/h9-26,31-40H,1-8,27-30H2/t9?,10?,11?,12-,13+,14+,15+,16-,17+,18+,19+,20-,21+,22-,23?,24-,25+,26+/m0/s1. The van der Waals surface area contributed by atoms with E-state index in [2.05, 4.69) is 10.6 Å². The maximum Gasteiger partial charge on any atom is 0.187 e. The topological polar surface area (TPSA) is 327 Å². The minimum atomic E-state index is -1.69. The average molecular weight is 641 g/mol. The van der Waals surface area contributed by atoms with E-state index in [1.165, 1.54) is 0 Å². The van der Waals surface area contributed by atoms with E-state index in [1.54, 1.807) is 0 Å².